The molecule has 1 aromatic heterocycles. The minimum absolute atomic E-state index is 0.256. The van der Waals surface area contributed by atoms with Crippen molar-refractivity contribution in [3.63, 3.8) is 0 Å². The zero-order chi connectivity index (χ0) is 14.8. The van der Waals surface area contributed by atoms with Gasteiger partial charge in [0.2, 0.25) is 5.91 Å². The number of carbonyl (C=O) groups excluding carboxylic acids is 1. The predicted octanol–water partition coefficient (Wildman–Crippen LogP) is 2.40. The number of fused-ring (bicyclic) bond motifs is 1. The van der Waals surface area contributed by atoms with Crippen LogP contribution in [0, 0.1) is 0 Å². The third-order valence-electron chi connectivity index (χ3n) is 3.89. The fourth-order valence-corrected chi connectivity index (χ4v) is 3.51. The summed E-state index contributed by atoms with van der Waals surface area (Å²) in [7, 11) is 1.89. The molecule has 0 aliphatic carbocycles. The number of piperazine rings is 1. The van der Waals surface area contributed by atoms with Gasteiger partial charge in [-0.2, -0.15) is 0 Å². The van der Waals surface area contributed by atoms with Gasteiger partial charge in [-0.3, -0.25) is 4.79 Å². The predicted molar refractivity (Wildman–Crippen MR) is 88.3 cm³/mol. The Hall–Kier alpha value is -1.82. The number of rotatable bonds is 3. The summed E-state index contributed by atoms with van der Waals surface area (Å²) < 4.78 is 1.20. The Morgan fingerprint density at radius 1 is 1.33 bits per heavy atom. The molecule has 1 saturated heterocycles. The van der Waals surface area contributed by atoms with Crippen molar-refractivity contribution in [3.8, 4) is 0 Å². The van der Waals surface area contributed by atoms with Gasteiger partial charge in [0.15, 0.2) is 5.13 Å². The van der Waals surface area contributed by atoms with Gasteiger partial charge in [0.05, 0.1) is 10.2 Å². The van der Waals surface area contributed by atoms with Crippen molar-refractivity contribution in [2.45, 2.75) is 13.3 Å². The molecule has 0 radical (unpaired) electrons. The number of carbonyl (C=O) groups is 1. The zero-order valence-corrected chi connectivity index (χ0v) is 13.2. The third kappa shape index (κ3) is 2.81. The van der Waals surface area contributed by atoms with E-state index in [2.05, 4.69) is 33.4 Å². The topological polar surface area (TPSA) is 48.5 Å². The van der Waals surface area contributed by atoms with Gasteiger partial charge in [-0.15, -0.1) is 0 Å². The van der Waals surface area contributed by atoms with Crippen molar-refractivity contribution in [1.82, 2.24) is 9.88 Å². The summed E-state index contributed by atoms with van der Waals surface area (Å²) in [5, 5.41) is 4.03. The van der Waals surface area contributed by atoms with Crippen molar-refractivity contribution in [2.24, 2.45) is 0 Å². The number of anilines is 2. The highest BCUT2D eigenvalue weighted by molar-refractivity contribution is 7.22. The Bertz CT molecular complexity index is 646. The van der Waals surface area contributed by atoms with Crippen molar-refractivity contribution in [3.05, 3.63) is 18.2 Å². The van der Waals surface area contributed by atoms with E-state index < -0.39 is 0 Å². The number of amides is 1. The van der Waals surface area contributed by atoms with Crippen LogP contribution in [0.2, 0.25) is 0 Å². The molecule has 1 amide bonds. The molecule has 0 saturated carbocycles. The summed E-state index contributed by atoms with van der Waals surface area (Å²) in [5.41, 5.74) is 2.25. The van der Waals surface area contributed by atoms with E-state index in [0.717, 1.165) is 36.8 Å². The molecule has 0 spiro atoms. The van der Waals surface area contributed by atoms with Gasteiger partial charge < -0.3 is 15.1 Å². The van der Waals surface area contributed by atoms with Crippen LogP contribution >= 0.6 is 11.3 Å². The van der Waals surface area contributed by atoms with Crippen LogP contribution < -0.4 is 10.2 Å². The molecule has 0 bridgehead atoms. The first-order valence-corrected chi connectivity index (χ1v) is 8.14. The lowest BCUT2D eigenvalue weighted by atomic mass is 10.2. The normalized spacial score (nSPS) is 15.5. The summed E-state index contributed by atoms with van der Waals surface area (Å²) in [6, 6.07) is 6.40. The Kier molecular flexibility index (Phi) is 3.96. The van der Waals surface area contributed by atoms with Crippen LogP contribution in [0.1, 0.15) is 13.3 Å². The van der Waals surface area contributed by atoms with Crippen molar-refractivity contribution >= 4 is 38.3 Å². The highest BCUT2D eigenvalue weighted by Crippen LogP contribution is 2.29. The summed E-state index contributed by atoms with van der Waals surface area (Å²) >= 11 is 1.67. The molecule has 1 aromatic carbocycles. The largest absolute Gasteiger partial charge is 0.368 e. The monoisotopic (exact) mass is 304 g/mol. The average Bonchev–Trinajstić information content (AvgIpc) is 2.96. The van der Waals surface area contributed by atoms with Crippen LogP contribution in [-0.2, 0) is 4.79 Å². The number of hydrogen-bond donors (Lipinski definition) is 1. The fourth-order valence-electron chi connectivity index (χ4n) is 2.65. The lowest BCUT2D eigenvalue weighted by Crippen LogP contribution is -2.48. The summed E-state index contributed by atoms with van der Waals surface area (Å²) in [5.74, 6) is 0.256. The SMILES string of the molecule is CCC(=O)N1CCN(c2ccc3nc(NC)sc3c2)CC1. The summed E-state index contributed by atoms with van der Waals surface area (Å²) in [6.07, 6.45) is 0.597. The first-order valence-electron chi connectivity index (χ1n) is 7.32. The molecular formula is C15H20N4OS. The van der Waals surface area contributed by atoms with E-state index >= 15 is 0 Å². The van der Waals surface area contributed by atoms with Crippen molar-refractivity contribution in [1.29, 1.82) is 0 Å². The molecule has 1 aliphatic heterocycles. The van der Waals surface area contributed by atoms with Crippen LogP contribution in [0.4, 0.5) is 10.8 Å². The smallest absolute Gasteiger partial charge is 0.222 e. The van der Waals surface area contributed by atoms with E-state index in [4.69, 9.17) is 0 Å². The Balaban J connectivity index is 1.74. The molecule has 2 heterocycles. The van der Waals surface area contributed by atoms with Crippen LogP contribution in [-0.4, -0.2) is 49.0 Å². The lowest BCUT2D eigenvalue weighted by molar-refractivity contribution is -0.131. The number of thiazole rings is 1. The van der Waals surface area contributed by atoms with Crippen LogP contribution in [0.5, 0.6) is 0 Å². The van der Waals surface area contributed by atoms with Crippen molar-refractivity contribution in [2.75, 3.05) is 43.4 Å². The second-order valence-electron chi connectivity index (χ2n) is 5.14. The first-order chi connectivity index (χ1) is 10.2. The molecule has 6 heteroatoms. The van der Waals surface area contributed by atoms with Gasteiger partial charge in [0, 0.05) is 45.3 Å². The molecule has 2 aromatic rings. The Labute approximate surface area is 128 Å². The molecule has 5 nitrogen and oxygen atoms in total. The maximum atomic E-state index is 11.7. The van der Waals surface area contributed by atoms with Gasteiger partial charge in [0.1, 0.15) is 0 Å². The van der Waals surface area contributed by atoms with E-state index in [1.165, 1.54) is 10.4 Å². The highest BCUT2D eigenvalue weighted by Gasteiger charge is 2.20. The zero-order valence-electron chi connectivity index (χ0n) is 12.4. The minimum Gasteiger partial charge on any atom is -0.368 e. The number of aromatic nitrogens is 1. The van der Waals surface area contributed by atoms with E-state index in [-0.39, 0.29) is 5.91 Å². The molecule has 0 unspecified atom stereocenters. The lowest BCUT2D eigenvalue weighted by Gasteiger charge is -2.36. The number of hydrogen-bond acceptors (Lipinski definition) is 5. The molecule has 1 aliphatic rings. The highest BCUT2D eigenvalue weighted by atomic mass is 32.1. The Morgan fingerprint density at radius 2 is 2.10 bits per heavy atom. The van der Waals surface area contributed by atoms with Gasteiger partial charge in [0.25, 0.3) is 0 Å². The molecule has 1 N–H and O–H groups in total. The van der Waals surface area contributed by atoms with E-state index in [1.54, 1.807) is 11.3 Å². The van der Waals surface area contributed by atoms with E-state index in [1.807, 2.05) is 18.9 Å². The van der Waals surface area contributed by atoms with Gasteiger partial charge in [-0.05, 0) is 18.2 Å². The van der Waals surface area contributed by atoms with E-state index in [0.29, 0.717) is 6.42 Å². The van der Waals surface area contributed by atoms with Gasteiger partial charge in [-0.1, -0.05) is 18.3 Å². The Morgan fingerprint density at radius 3 is 2.76 bits per heavy atom. The number of benzene rings is 1. The van der Waals surface area contributed by atoms with Gasteiger partial charge >= 0.3 is 0 Å². The minimum atomic E-state index is 0.256. The summed E-state index contributed by atoms with van der Waals surface area (Å²) in [4.78, 5) is 20.5. The van der Waals surface area contributed by atoms with Crippen LogP contribution in [0.3, 0.4) is 0 Å². The molecule has 0 atom stereocenters. The second kappa shape index (κ2) is 5.89. The standard InChI is InChI=1S/C15H20N4OS/c1-3-14(20)19-8-6-18(7-9-19)11-4-5-12-13(10-11)21-15(16-2)17-12/h4-5,10H,3,6-9H2,1-2H3,(H,16,17). The average molecular weight is 304 g/mol. The molecule has 112 valence electrons. The van der Waals surface area contributed by atoms with Crippen molar-refractivity contribution < 1.29 is 4.79 Å². The quantitative estimate of drug-likeness (QED) is 0.946. The number of nitrogens with one attached hydrogen (secondary N) is 1. The summed E-state index contributed by atoms with van der Waals surface area (Å²) in [6.45, 7) is 5.35. The molecule has 3 rings (SSSR count). The molecule has 1 fully saturated rings. The second-order valence-corrected chi connectivity index (χ2v) is 6.17. The fraction of sp³-hybridized carbons (Fsp3) is 0.467. The number of nitrogens with zero attached hydrogens (tertiary/aromatic N) is 3. The maximum absolute atomic E-state index is 11.7. The molecular weight excluding hydrogens is 284 g/mol. The van der Waals surface area contributed by atoms with Crippen LogP contribution in [0.25, 0.3) is 10.2 Å². The molecule has 21 heavy (non-hydrogen) atoms. The van der Waals surface area contributed by atoms with Gasteiger partial charge in [-0.25, -0.2) is 4.98 Å². The first kappa shape index (κ1) is 14.1. The van der Waals surface area contributed by atoms with Crippen LogP contribution in [0.15, 0.2) is 18.2 Å². The maximum Gasteiger partial charge on any atom is 0.222 e. The van der Waals surface area contributed by atoms with E-state index in [9.17, 15) is 4.79 Å². The third-order valence-corrected chi connectivity index (χ3v) is 4.92.